The SMILES string of the molecule is CCOc1ccccc1N1C[C@H](C(=O)NNC(=O)[C@H]2COc3ccccc3O2)CC1=O. The summed E-state index contributed by atoms with van der Waals surface area (Å²) in [6, 6.07) is 14.2. The molecule has 1 fully saturated rings. The lowest BCUT2D eigenvalue weighted by Gasteiger charge is -2.25. The molecule has 162 valence electrons. The van der Waals surface area contributed by atoms with E-state index in [1.165, 1.54) is 4.90 Å². The van der Waals surface area contributed by atoms with Gasteiger partial charge in [0.25, 0.3) is 5.91 Å². The highest BCUT2D eigenvalue weighted by Crippen LogP contribution is 2.33. The van der Waals surface area contributed by atoms with Gasteiger partial charge in [-0.2, -0.15) is 0 Å². The summed E-state index contributed by atoms with van der Waals surface area (Å²) < 4.78 is 16.7. The number of nitrogens with zero attached hydrogens (tertiary/aromatic N) is 1. The first kappa shape index (κ1) is 20.5. The number of anilines is 1. The fourth-order valence-corrected chi connectivity index (χ4v) is 3.53. The highest BCUT2D eigenvalue weighted by molar-refractivity contribution is 6.01. The topological polar surface area (TPSA) is 106 Å². The van der Waals surface area contributed by atoms with E-state index in [1.807, 2.05) is 25.1 Å². The Hall–Kier alpha value is -3.75. The smallest absolute Gasteiger partial charge is 0.283 e. The number of fused-ring (bicyclic) bond motifs is 1. The third-order valence-corrected chi connectivity index (χ3v) is 5.06. The van der Waals surface area contributed by atoms with E-state index in [-0.39, 0.29) is 25.5 Å². The Morgan fingerprint density at radius 2 is 1.77 bits per heavy atom. The fourth-order valence-electron chi connectivity index (χ4n) is 3.53. The standard InChI is InChI=1S/C22H23N3O6/c1-2-29-16-8-4-3-7-15(16)25-12-14(11-20(25)26)21(27)23-24-22(28)19-13-30-17-9-5-6-10-18(17)31-19/h3-10,14,19H,2,11-13H2,1H3,(H,23,27)(H,24,28)/t14-,19-/m1/s1. The molecule has 2 N–H and O–H groups in total. The van der Waals surface area contributed by atoms with Crippen molar-refractivity contribution in [2.45, 2.75) is 19.4 Å². The van der Waals surface area contributed by atoms with Crippen molar-refractivity contribution in [3.05, 3.63) is 48.5 Å². The molecule has 3 amide bonds. The molecule has 2 aliphatic rings. The minimum Gasteiger partial charge on any atom is -0.492 e. The van der Waals surface area contributed by atoms with Crippen LogP contribution in [0.4, 0.5) is 5.69 Å². The van der Waals surface area contributed by atoms with Gasteiger partial charge in [-0.1, -0.05) is 24.3 Å². The Morgan fingerprint density at radius 1 is 1.06 bits per heavy atom. The van der Waals surface area contributed by atoms with Crippen LogP contribution in [-0.2, 0) is 14.4 Å². The second-order valence-electron chi connectivity index (χ2n) is 7.15. The fraction of sp³-hybridized carbons (Fsp3) is 0.318. The van der Waals surface area contributed by atoms with Crippen molar-refractivity contribution in [1.82, 2.24) is 10.9 Å². The number of rotatable bonds is 5. The summed E-state index contributed by atoms with van der Waals surface area (Å²) in [5.74, 6) is -0.160. The first-order valence-electron chi connectivity index (χ1n) is 10.1. The molecule has 2 heterocycles. The van der Waals surface area contributed by atoms with Crippen molar-refractivity contribution in [3.8, 4) is 17.2 Å². The molecule has 2 aromatic rings. The van der Waals surface area contributed by atoms with Gasteiger partial charge in [0, 0.05) is 13.0 Å². The van der Waals surface area contributed by atoms with Crippen LogP contribution in [0, 0.1) is 5.92 Å². The second-order valence-corrected chi connectivity index (χ2v) is 7.15. The molecule has 2 aliphatic heterocycles. The van der Waals surface area contributed by atoms with E-state index >= 15 is 0 Å². The maximum atomic E-state index is 12.6. The minimum absolute atomic E-state index is 0.0304. The molecular weight excluding hydrogens is 402 g/mol. The Morgan fingerprint density at radius 3 is 2.58 bits per heavy atom. The molecular formula is C22H23N3O6. The van der Waals surface area contributed by atoms with Crippen molar-refractivity contribution >= 4 is 23.4 Å². The third kappa shape index (κ3) is 4.40. The molecule has 0 spiro atoms. The van der Waals surface area contributed by atoms with E-state index in [2.05, 4.69) is 10.9 Å². The maximum Gasteiger partial charge on any atom is 0.283 e. The van der Waals surface area contributed by atoms with Crippen LogP contribution in [0.15, 0.2) is 48.5 Å². The zero-order valence-electron chi connectivity index (χ0n) is 17.0. The number of amides is 3. The van der Waals surface area contributed by atoms with Crippen LogP contribution in [0.5, 0.6) is 17.2 Å². The first-order valence-corrected chi connectivity index (χ1v) is 10.1. The molecule has 1 saturated heterocycles. The minimum atomic E-state index is -0.894. The molecule has 0 aliphatic carbocycles. The maximum absolute atomic E-state index is 12.6. The number of benzene rings is 2. The van der Waals surface area contributed by atoms with Gasteiger partial charge in [0.2, 0.25) is 17.9 Å². The number of hydrogen-bond acceptors (Lipinski definition) is 6. The molecule has 4 rings (SSSR count). The van der Waals surface area contributed by atoms with Crippen molar-refractivity contribution in [1.29, 1.82) is 0 Å². The van der Waals surface area contributed by atoms with Crippen molar-refractivity contribution in [2.24, 2.45) is 5.92 Å². The predicted octanol–water partition coefficient (Wildman–Crippen LogP) is 1.43. The van der Waals surface area contributed by atoms with E-state index in [0.717, 1.165) is 0 Å². The molecule has 2 atom stereocenters. The zero-order valence-corrected chi connectivity index (χ0v) is 17.0. The molecule has 31 heavy (non-hydrogen) atoms. The zero-order chi connectivity index (χ0) is 21.8. The summed E-state index contributed by atoms with van der Waals surface area (Å²) in [5.41, 5.74) is 5.38. The predicted molar refractivity (Wildman–Crippen MR) is 111 cm³/mol. The highest BCUT2D eigenvalue weighted by atomic mass is 16.6. The van der Waals surface area contributed by atoms with Crippen LogP contribution in [0.2, 0.25) is 0 Å². The van der Waals surface area contributed by atoms with Gasteiger partial charge in [0.1, 0.15) is 12.4 Å². The highest BCUT2D eigenvalue weighted by Gasteiger charge is 2.37. The van der Waals surface area contributed by atoms with Crippen LogP contribution in [0.3, 0.4) is 0 Å². The van der Waals surface area contributed by atoms with Crippen LogP contribution in [-0.4, -0.2) is 43.6 Å². The summed E-state index contributed by atoms with van der Waals surface area (Å²) in [7, 11) is 0. The van der Waals surface area contributed by atoms with Gasteiger partial charge < -0.3 is 19.1 Å². The molecule has 0 unspecified atom stereocenters. The largest absolute Gasteiger partial charge is 0.492 e. The number of hydrazine groups is 1. The van der Waals surface area contributed by atoms with Gasteiger partial charge in [-0.05, 0) is 31.2 Å². The van der Waals surface area contributed by atoms with Crippen LogP contribution >= 0.6 is 0 Å². The lowest BCUT2D eigenvalue weighted by Crippen LogP contribution is -2.52. The molecule has 0 radical (unpaired) electrons. The summed E-state index contributed by atoms with van der Waals surface area (Å²) in [6.07, 6.45) is -0.853. The third-order valence-electron chi connectivity index (χ3n) is 5.06. The Kier molecular flexibility index (Phi) is 5.92. The number of carbonyl (C=O) groups excluding carboxylic acids is 3. The molecule has 9 heteroatoms. The van der Waals surface area contributed by atoms with Gasteiger partial charge >= 0.3 is 0 Å². The molecule has 9 nitrogen and oxygen atoms in total. The van der Waals surface area contributed by atoms with Gasteiger partial charge in [0.15, 0.2) is 11.5 Å². The van der Waals surface area contributed by atoms with Crippen molar-refractivity contribution in [2.75, 3.05) is 24.7 Å². The molecule has 0 bridgehead atoms. The number of hydrogen-bond donors (Lipinski definition) is 2. The van der Waals surface area contributed by atoms with E-state index in [4.69, 9.17) is 14.2 Å². The van der Waals surface area contributed by atoms with E-state index in [1.54, 1.807) is 30.3 Å². The Labute approximate surface area is 179 Å². The number of carbonyl (C=O) groups is 3. The summed E-state index contributed by atoms with van der Waals surface area (Å²) in [5, 5.41) is 0. The number of nitrogens with one attached hydrogen (secondary N) is 2. The van der Waals surface area contributed by atoms with Gasteiger partial charge in [-0.3, -0.25) is 25.2 Å². The summed E-state index contributed by atoms with van der Waals surface area (Å²) in [6.45, 7) is 2.55. The number of para-hydroxylation sites is 4. The molecule has 0 saturated carbocycles. The van der Waals surface area contributed by atoms with Crippen LogP contribution in [0.1, 0.15) is 13.3 Å². The van der Waals surface area contributed by atoms with Crippen LogP contribution < -0.4 is 30.0 Å². The first-order chi connectivity index (χ1) is 15.1. The summed E-state index contributed by atoms with van der Waals surface area (Å²) >= 11 is 0. The summed E-state index contributed by atoms with van der Waals surface area (Å²) in [4.78, 5) is 39.0. The van der Waals surface area contributed by atoms with Crippen LogP contribution in [0.25, 0.3) is 0 Å². The molecule has 0 aromatic heterocycles. The van der Waals surface area contributed by atoms with Gasteiger partial charge in [-0.25, -0.2) is 0 Å². The van der Waals surface area contributed by atoms with Gasteiger partial charge in [-0.15, -0.1) is 0 Å². The van der Waals surface area contributed by atoms with Gasteiger partial charge in [0.05, 0.1) is 18.2 Å². The quantitative estimate of drug-likeness (QED) is 0.702. The van der Waals surface area contributed by atoms with E-state index < -0.39 is 23.8 Å². The van der Waals surface area contributed by atoms with Crippen molar-refractivity contribution in [3.63, 3.8) is 0 Å². The normalized spacial score (nSPS) is 19.6. The lowest BCUT2D eigenvalue weighted by molar-refractivity contribution is -0.136. The van der Waals surface area contributed by atoms with E-state index in [9.17, 15) is 14.4 Å². The second kappa shape index (κ2) is 8.95. The average molecular weight is 425 g/mol. The lowest BCUT2D eigenvalue weighted by atomic mass is 10.1. The number of ether oxygens (including phenoxy) is 3. The van der Waals surface area contributed by atoms with E-state index in [0.29, 0.717) is 29.5 Å². The van der Waals surface area contributed by atoms with Crippen molar-refractivity contribution < 1.29 is 28.6 Å². The Bertz CT molecular complexity index is 995. The average Bonchev–Trinajstić information content (AvgIpc) is 3.19. The molecule has 2 aromatic carbocycles. The Balaban J connectivity index is 1.33. The monoisotopic (exact) mass is 425 g/mol.